The predicted molar refractivity (Wildman–Crippen MR) is 131 cm³/mol. The van der Waals surface area contributed by atoms with Crippen molar-refractivity contribution >= 4 is 39.1 Å². The number of carbonyl (C=O) groups excluding carboxylic acids is 1. The first-order chi connectivity index (χ1) is 15.5. The molecule has 3 aromatic rings. The quantitative estimate of drug-likeness (QED) is 0.504. The molecule has 1 saturated heterocycles. The van der Waals surface area contributed by atoms with Crippen LogP contribution in [0.1, 0.15) is 37.3 Å². The van der Waals surface area contributed by atoms with Gasteiger partial charge in [0.2, 0.25) is 5.91 Å². The lowest BCUT2D eigenvalue weighted by Gasteiger charge is -2.24. The maximum absolute atomic E-state index is 13.3. The topological polar surface area (TPSA) is 66.5 Å². The van der Waals surface area contributed by atoms with E-state index >= 15 is 0 Å². The van der Waals surface area contributed by atoms with Gasteiger partial charge in [-0.2, -0.15) is 0 Å². The van der Waals surface area contributed by atoms with Crippen LogP contribution in [0.3, 0.4) is 0 Å². The summed E-state index contributed by atoms with van der Waals surface area (Å²) in [6.07, 6.45) is 0. The van der Waals surface area contributed by atoms with E-state index in [1.807, 2.05) is 12.1 Å². The number of benzene rings is 3. The molecule has 0 unspecified atom stereocenters. The molecular weight excluding hydrogens is 459 g/mol. The number of amides is 1. The summed E-state index contributed by atoms with van der Waals surface area (Å²) in [4.78, 5) is 14.3. The molecule has 1 fully saturated rings. The van der Waals surface area contributed by atoms with Gasteiger partial charge in [0.1, 0.15) is 11.2 Å². The van der Waals surface area contributed by atoms with E-state index in [2.05, 4.69) is 25.5 Å². The monoisotopic (exact) mass is 484 g/mol. The lowest BCUT2D eigenvalue weighted by Crippen LogP contribution is -2.27. The second kappa shape index (κ2) is 8.83. The number of hydrogen-bond acceptors (Lipinski definition) is 4. The van der Waals surface area contributed by atoms with E-state index in [0.29, 0.717) is 17.1 Å². The number of rotatable bonds is 5. The van der Waals surface area contributed by atoms with Crippen LogP contribution in [0.2, 0.25) is 0 Å². The molecular formula is C25H25FN2O3S2. The Morgan fingerprint density at radius 2 is 1.55 bits per heavy atom. The van der Waals surface area contributed by atoms with Crippen LogP contribution in [-0.2, 0) is 20.2 Å². The number of nitrogens with one attached hydrogen (secondary N) is 1. The largest absolute Gasteiger partial charge is 0.295 e. The summed E-state index contributed by atoms with van der Waals surface area (Å²) in [5.74, 6) is -0.0968. The molecule has 1 amide bonds. The standard InChI is InChI=1S/C25H25FN2O3S2/c1-25(2,3)18-6-14-22(15-7-18)33(30,31)27-20-10-4-17(5-11-20)24-28(23(29)16-32-24)21-12-8-19(26)9-13-21/h4-15,24,27H,16H2,1-3H3/t24-/m1/s1. The van der Waals surface area contributed by atoms with Gasteiger partial charge >= 0.3 is 0 Å². The van der Waals surface area contributed by atoms with Gasteiger partial charge in [-0.15, -0.1) is 11.8 Å². The second-order valence-electron chi connectivity index (χ2n) is 8.91. The zero-order valence-corrected chi connectivity index (χ0v) is 20.2. The third-order valence-electron chi connectivity index (χ3n) is 5.45. The average molecular weight is 485 g/mol. The van der Waals surface area contributed by atoms with Gasteiger partial charge in [-0.1, -0.05) is 45.0 Å². The lowest BCUT2D eigenvalue weighted by atomic mass is 9.87. The van der Waals surface area contributed by atoms with E-state index in [0.717, 1.165) is 11.1 Å². The van der Waals surface area contributed by atoms with Crippen LogP contribution in [0, 0.1) is 5.82 Å². The number of nitrogens with zero attached hydrogens (tertiary/aromatic N) is 1. The summed E-state index contributed by atoms with van der Waals surface area (Å²) in [6.45, 7) is 6.22. The van der Waals surface area contributed by atoms with Crippen LogP contribution < -0.4 is 9.62 Å². The van der Waals surface area contributed by atoms with E-state index in [4.69, 9.17) is 0 Å². The van der Waals surface area contributed by atoms with Crippen molar-refractivity contribution in [2.45, 2.75) is 36.5 Å². The highest BCUT2D eigenvalue weighted by molar-refractivity contribution is 8.00. The number of hydrogen-bond donors (Lipinski definition) is 1. The Morgan fingerprint density at radius 3 is 2.12 bits per heavy atom. The van der Waals surface area contributed by atoms with Crippen molar-refractivity contribution in [2.75, 3.05) is 15.4 Å². The Balaban J connectivity index is 1.52. The van der Waals surface area contributed by atoms with Gasteiger partial charge in [-0.05, 0) is 65.1 Å². The number of anilines is 2. The Labute approximate surface area is 198 Å². The van der Waals surface area contributed by atoms with Gasteiger partial charge in [-0.25, -0.2) is 12.8 Å². The maximum atomic E-state index is 13.3. The molecule has 0 bridgehead atoms. The van der Waals surface area contributed by atoms with E-state index in [9.17, 15) is 17.6 Å². The summed E-state index contributed by atoms with van der Waals surface area (Å²) in [5, 5.41) is -0.265. The molecule has 8 heteroatoms. The van der Waals surface area contributed by atoms with Crippen LogP contribution >= 0.6 is 11.8 Å². The third kappa shape index (κ3) is 5.07. The number of thioether (sulfide) groups is 1. The van der Waals surface area contributed by atoms with Crippen LogP contribution in [0.5, 0.6) is 0 Å². The number of halogens is 1. The molecule has 4 rings (SSSR count). The third-order valence-corrected chi connectivity index (χ3v) is 8.06. The molecule has 1 heterocycles. The van der Waals surface area contributed by atoms with Gasteiger partial charge < -0.3 is 0 Å². The molecule has 1 aliphatic rings. The van der Waals surface area contributed by atoms with Crippen molar-refractivity contribution in [1.82, 2.24) is 0 Å². The fourth-order valence-electron chi connectivity index (χ4n) is 3.62. The number of sulfonamides is 1. The highest BCUT2D eigenvalue weighted by Crippen LogP contribution is 2.42. The molecule has 0 aliphatic carbocycles. The lowest BCUT2D eigenvalue weighted by molar-refractivity contribution is -0.115. The maximum Gasteiger partial charge on any atom is 0.261 e. The SMILES string of the molecule is CC(C)(C)c1ccc(S(=O)(=O)Nc2ccc([C@H]3SCC(=O)N3c3ccc(F)cc3)cc2)cc1. The molecule has 0 saturated carbocycles. The van der Waals surface area contributed by atoms with Crippen molar-refractivity contribution in [2.24, 2.45) is 0 Å². The Hall–Kier alpha value is -2.84. The van der Waals surface area contributed by atoms with Crippen molar-refractivity contribution < 1.29 is 17.6 Å². The zero-order valence-electron chi connectivity index (χ0n) is 18.6. The smallest absolute Gasteiger partial charge is 0.261 e. The molecule has 0 radical (unpaired) electrons. The minimum Gasteiger partial charge on any atom is -0.295 e. The van der Waals surface area contributed by atoms with E-state index in [-0.39, 0.29) is 27.4 Å². The van der Waals surface area contributed by atoms with E-state index in [1.54, 1.807) is 53.4 Å². The summed E-state index contributed by atoms with van der Waals surface area (Å²) in [5.41, 5.74) is 2.90. The molecule has 5 nitrogen and oxygen atoms in total. The molecule has 3 aromatic carbocycles. The first-order valence-corrected chi connectivity index (χ1v) is 13.0. The van der Waals surface area contributed by atoms with Crippen molar-refractivity contribution in [3.8, 4) is 0 Å². The minimum absolute atomic E-state index is 0.0555. The summed E-state index contributed by atoms with van der Waals surface area (Å²) in [7, 11) is -3.73. The van der Waals surface area contributed by atoms with Gasteiger partial charge in [-0.3, -0.25) is 14.4 Å². The van der Waals surface area contributed by atoms with Gasteiger partial charge in [0.25, 0.3) is 10.0 Å². The predicted octanol–water partition coefficient (Wildman–Crippen LogP) is 5.70. The van der Waals surface area contributed by atoms with E-state index in [1.165, 1.54) is 23.9 Å². The normalized spacial score (nSPS) is 16.8. The molecule has 1 atom stereocenters. The Kier molecular flexibility index (Phi) is 6.24. The molecule has 0 aromatic heterocycles. The van der Waals surface area contributed by atoms with Crippen molar-refractivity contribution in [3.05, 3.63) is 89.7 Å². The summed E-state index contributed by atoms with van der Waals surface area (Å²) >= 11 is 1.47. The van der Waals surface area contributed by atoms with Gasteiger partial charge in [0.15, 0.2) is 0 Å². The van der Waals surface area contributed by atoms with Gasteiger partial charge in [0.05, 0.1) is 10.6 Å². The molecule has 33 heavy (non-hydrogen) atoms. The molecule has 1 N–H and O–H groups in total. The first kappa shape index (κ1) is 23.3. The van der Waals surface area contributed by atoms with Crippen LogP contribution in [-0.4, -0.2) is 20.1 Å². The zero-order chi connectivity index (χ0) is 23.8. The fraction of sp³-hybridized carbons (Fsp3) is 0.240. The molecule has 1 aliphatic heterocycles. The van der Waals surface area contributed by atoms with Crippen molar-refractivity contribution in [3.63, 3.8) is 0 Å². The molecule has 172 valence electrons. The Morgan fingerprint density at radius 1 is 0.939 bits per heavy atom. The second-order valence-corrected chi connectivity index (χ2v) is 11.7. The highest BCUT2D eigenvalue weighted by atomic mass is 32.2. The van der Waals surface area contributed by atoms with Crippen LogP contribution in [0.15, 0.2) is 77.7 Å². The summed E-state index contributed by atoms with van der Waals surface area (Å²) in [6, 6.07) is 19.7. The fourth-order valence-corrected chi connectivity index (χ4v) is 5.85. The number of carbonyl (C=O) groups is 1. The van der Waals surface area contributed by atoms with Crippen LogP contribution in [0.4, 0.5) is 15.8 Å². The van der Waals surface area contributed by atoms with E-state index < -0.39 is 10.0 Å². The average Bonchev–Trinajstić information content (AvgIpc) is 3.15. The Bertz CT molecular complexity index is 1250. The highest BCUT2D eigenvalue weighted by Gasteiger charge is 2.34. The summed E-state index contributed by atoms with van der Waals surface area (Å²) < 4.78 is 41.5. The van der Waals surface area contributed by atoms with Gasteiger partial charge in [0, 0.05) is 11.4 Å². The van der Waals surface area contributed by atoms with Crippen LogP contribution in [0.25, 0.3) is 0 Å². The molecule has 0 spiro atoms. The minimum atomic E-state index is -3.73. The first-order valence-electron chi connectivity index (χ1n) is 10.5. The van der Waals surface area contributed by atoms with Crippen molar-refractivity contribution in [1.29, 1.82) is 0 Å².